The Bertz CT molecular complexity index is 671. The summed E-state index contributed by atoms with van der Waals surface area (Å²) < 4.78 is 1.10. The number of likely N-dealkylation sites (tertiary alicyclic amines) is 1. The standard InChI is InChI=1S/C22H31BrN2O/c1-15(2)16-3-6-19(7-4-16)25-11-9-22(10-12-25)20-8-5-18(23)13-17(20)14-24-21(22)26/h5,8,13,15-16,19H,3-4,6-7,9-12,14H2,1-2H3,(H,24,26). The topological polar surface area (TPSA) is 32.3 Å². The second-order valence-electron chi connectivity index (χ2n) is 8.91. The Morgan fingerprint density at radius 1 is 1.15 bits per heavy atom. The summed E-state index contributed by atoms with van der Waals surface area (Å²) in [6.45, 7) is 7.51. The number of benzene rings is 1. The summed E-state index contributed by atoms with van der Waals surface area (Å²) >= 11 is 3.57. The average Bonchev–Trinajstić information content (AvgIpc) is 2.65. The van der Waals surface area contributed by atoms with Crippen molar-refractivity contribution in [2.45, 2.75) is 70.4 Å². The third-order valence-electron chi connectivity index (χ3n) is 7.31. The van der Waals surface area contributed by atoms with E-state index in [2.05, 4.69) is 58.2 Å². The lowest BCUT2D eigenvalue weighted by Crippen LogP contribution is -2.56. The highest BCUT2D eigenvalue weighted by molar-refractivity contribution is 9.10. The van der Waals surface area contributed by atoms with Crippen molar-refractivity contribution in [2.75, 3.05) is 13.1 Å². The van der Waals surface area contributed by atoms with Crippen molar-refractivity contribution in [3.8, 4) is 0 Å². The molecule has 0 bridgehead atoms. The van der Waals surface area contributed by atoms with Crippen molar-refractivity contribution in [3.05, 3.63) is 33.8 Å². The van der Waals surface area contributed by atoms with E-state index in [0.29, 0.717) is 6.54 Å². The molecule has 2 fully saturated rings. The van der Waals surface area contributed by atoms with Gasteiger partial charge in [0.25, 0.3) is 0 Å². The Hall–Kier alpha value is -0.870. The van der Waals surface area contributed by atoms with Gasteiger partial charge in [0.2, 0.25) is 5.91 Å². The number of carbonyl (C=O) groups is 1. The van der Waals surface area contributed by atoms with Crippen LogP contribution >= 0.6 is 15.9 Å². The minimum Gasteiger partial charge on any atom is -0.351 e. The number of halogens is 1. The molecule has 3 aliphatic rings. The van der Waals surface area contributed by atoms with E-state index in [4.69, 9.17) is 0 Å². The zero-order chi connectivity index (χ0) is 18.3. The fourth-order valence-corrected chi connectivity index (χ4v) is 5.95. The maximum Gasteiger partial charge on any atom is 0.231 e. The monoisotopic (exact) mass is 418 g/mol. The van der Waals surface area contributed by atoms with Gasteiger partial charge in [0.15, 0.2) is 0 Å². The van der Waals surface area contributed by atoms with Crippen LogP contribution in [0.1, 0.15) is 63.5 Å². The van der Waals surface area contributed by atoms with Crippen LogP contribution in [0.2, 0.25) is 0 Å². The summed E-state index contributed by atoms with van der Waals surface area (Å²) in [5.74, 6) is 1.98. The highest BCUT2D eigenvalue weighted by atomic mass is 79.9. The van der Waals surface area contributed by atoms with E-state index in [1.165, 1.54) is 36.8 Å². The first-order valence-electron chi connectivity index (χ1n) is 10.3. The Morgan fingerprint density at radius 2 is 1.85 bits per heavy atom. The molecule has 1 amide bonds. The van der Waals surface area contributed by atoms with Crippen molar-refractivity contribution >= 4 is 21.8 Å². The van der Waals surface area contributed by atoms with Gasteiger partial charge in [0, 0.05) is 17.1 Å². The van der Waals surface area contributed by atoms with E-state index < -0.39 is 0 Å². The fourth-order valence-electron chi connectivity index (χ4n) is 5.54. The molecule has 26 heavy (non-hydrogen) atoms. The van der Waals surface area contributed by atoms with E-state index in [9.17, 15) is 4.79 Å². The van der Waals surface area contributed by atoms with Gasteiger partial charge in [-0.25, -0.2) is 0 Å². The van der Waals surface area contributed by atoms with E-state index in [0.717, 1.165) is 48.3 Å². The van der Waals surface area contributed by atoms with Gasteiger partial charge < -0.3 is 10.2 Å². The smallest absolute Gasteiger partial charge is 0.231 e. The van der Waals surface area contributed by atoms with Crippen LogP contribution in [0.3, 0.4) is 0 Å². The minimum atomic E-state index is -0.306. The molecular weight excluding hydrogens is 388 g/mol. The quantitative estimate of drug-likeness (QED) is 0.758. The number of amides is 1. The van der Waals surface area contributed by atoms with Gasteiger partial charge >= 0.3 is 0 Å². The van der Waals surface area contributed by atoms with E-state index >= 15 is 0 Å². The number of rotatable bonds is 2. The molecule has 3 nitrogen and oxygen atoms in total. The molecule has 1 spiro atoms. The van der Waals surface area contributed by atoms with Crippen LogP contribution in [0, 0.1) is 11.8 Å². The molecule has 1 N–H and O–H groups in total. The maximum absolute atomic E-state index is 12.9. The molecule has 4 heteroatoms. The zero-order valence-electron chi connectivity index (χ0n) is 16.1. The largest absolute Gasteiger partial charge is 0.351 e. The van der Waals surface area contributed by atoms with Crippen LogP contribution in [-0.4, -0.2) is 29.9 Å². The van der Waals surface area contributed by atoms with Crippen LogP contribution in [0.25, 0.3) is 0 Å². The number of fused-ring (bicyclic) bond motifs is 2. The molecule has 1 aromatic rings. The SMILES string of the molecule is CC(C)C1CCC(N2CCC3(CC2)C(=O)NCc2cc(Br)ccc23)CC1. The Kier molecular flexibility index (Phi) is 5.17. The molecular formula is C22H31BrN2O. The average molecular weight is 419 g/mol. The molecule has 0 aromatic heterocycles. The third kappa shape index (κ3) is 3.24. The van der Waals surface area contributed by atoms with Gasteiger partial charge in [0.1, 0.15) is 0 Å². The zero-order valence-corrected chi connectivity index (χ0v) is 17.6. The first-order chi connectivity index (χ1) is 12.5. The van der Waals surface area contributed by atoms with Crippen LogP contribution < -0.4 is 5.32 Å². The summed E-state index contributed by atoms with van der Waals surface area (Å²) in [4.78, 5) is 15.6. The summed E-state index contributed by atoms with van der Waals surface area (Å²) in [5, 5.41) is 3.16. The van der Waals surface area contributed by atoms with Crippen LogP contribution in [0.5, 0.6) is 0 Å². The molecule has 1 saturated carbocycles. The predicted octanol–water partition coefficient (Wildman–Crippen LogP) is 4.63. The fraction of sp³-hybridized carbons (Fsp3) is 0.682. The molecule has 1 aliphatic carbocycles. The summed E-state index contributed by atoms with van der Waals surface area (Å²) in [6.07, 6.45) is 7.34. The van der Waals surface area contributed by atoms with Gasteiger partial charge in [-0.05, 0) is 86.7 Å². The third-order valence-corrected chi connectivity index (χ3v) is 7.80. The number of piperidine rings is 1. The molecule has 0 atom stereocenters. The van der Waals surface area contributed by atoms with Crippen molar-refractivity contribution in [1.82, 2.24) is 10.2 Å². The first kappa shape index (κ1) is 18.5. The number of carbonyl (C=O) groups excluding carboxylic acids is 1. The van der Waals surface area contributed by atoms with E-state index in [-0.39, 0.29) is 11.3 Å². The number of nitrogens with zero attached hydrogens (tertiary/aromatic N) is 1. The lowest BCUT2D eigenvalue weighted by atomic mass is 9.68. The molecule has 1 aromatic carbocycles. The van der Waals surface area contributed by atoms with Gasteiger partial charge in [-0.3, -0.25) is 4.79 Å². The lowest BCUT2D eigenvalue weighted by molar-refractivity contribution is -0.130. The number of hydrogen-bond donors (Lipinski definition) is 1. The van der Waals surface area contributed by atoms with E-state index in [1.807, 2.05) is 0 Å². The molecule has 1 saturated heterocycles. The van der Waals surface area contributed by atoms with Gasteiger partial charge in [-0.1, -0.05) is 35.8 Å². The number of hydrogen-bond acceptors (Lipinski definition) is 2. The predicted molar refractivity (Wildman–Crippen MR) is 109 cm³/mol. The van der Waals surface area contributed by atoms with Gasteiger partial charge in [-0.2, -0.15) is 0 Å². The Morgan fingerprint density at radius 3 is 2.50 bits per heavy atom. The normalized spacial score (nSPS) is 28.8. The lowest BCUT2D eigenvalue weighted by Gasteiger charge is -2.47. The minimum absolute atomic E-state index is 0.246. The number of nitrogens with one attached hydrogen (secondary N) is 1. The second-order valence-corrected chi connectivity index (χ2v) is 9.83. The van der Waals surface area contributed by atoms with Gasteiger partial charge in [0.05, 0.1) is 5.41 Å². The van der Waals surface area contributed by atoms with Crippen molar-refractivity contribution < 1.29 is 4.79 Å². The van der Waals surface area contributed by atoms with Crippen molar-refractivity contribution in [3.63, 3.8) is 0 Å². The summed E-state index contributed by atoms with van der Waals surface area (Å²) in [6, 6.07) is 7.19. The molecule has 2 heterocycles. The second kappa shape index (κ2) is 7.27. The molecule has 0 unspecified atom stereocenters. The first-order valence-corrected chi connectivity index (χ1v) is 11.1. The molecule has 0 radical (unpaired) electrons. The molecule has 4 rings (SSSR count). The van der Waals surface area contributed by atoms with Crippen molar-refractivity contribution in [2.24, 2.45) is 11.8 Å². The summed E-state index contributed by atoms with van der Waals surface area (Å²) in [5.41, 5.74) is 2.25. The highest BCUT2D eigenvalue weighted by Gasteiger charge is 2.47. The summed E-state index contributed by atoms with van der Waals surface area (Å²) in [7, 11) is 0. The van der Waals surface area contributed by atoms with Crippen LogP contribution in [-0.2, 0) is 16.8 Å². The van der Waals surface area contributed by atoms with Gasteiger partial charge in [-0.15, -0.1) is 0 Å². The van der Waals surface area contributed by atoms with Crippen LogP contribution in [0.15, 0.2) is 22.7 Å². The highest BCUT2D eigenvalue weighted by Crippen LogP contribution is 2.42. The van der Waals surface area contributed by atoms with Crippen LogP contribution in [0.4, 0.5) is 0 Å². The Labute approximate surface area is 166 Å². The van der Waals surface area contributed by atoms with E-state index in [1.54, 1.807) is 0 Å². The molecule has 2 aliphatic heterocycles. The Balaban J connectivity index is 1.46. The molecule has 142 valence electrons. The van der Waals surface area contributed by atoms with Crippen molar-refractivity contribution in [1.29, 1.82) is 0 Å². The maximum atomic E-state index is 12.9.